The van der Waals surface area contributed by atoms with Crippen molar-refractivity contribution in [3.8, 4) is 5.69 Å². The molecule has 2 aromatic heterocycles. The highest BCUT2D eigenvalue weighted by molar-refractivity contribution is 8.01. The van der Waals surface area contributed by atoms with Gasteiger partial charge in [-0.3, -0.25) is 4.79 Å². The molecule has 0 aliphatic carbocycles. The van der Waals surface area contributed by atoms with Crippen molar-refractivity contribution in [1.29, 1.82) is 0 Å². The summed E-state index contributed by atoms with van der Waals surface area (Å²) < 4.78 is 21.6. The lowest BCUT2D eigenvalue weighted by Gasteiger charge is -2.11. The molecular weight excluding hydrogens is 411 g/mol. The molecule has 0 bridgehead atoms. The van der Waals surface area contributed by atoms with Crippen molar-refractivity contribution in [2.24, 2.45) is 0 Å². The zero-order chi connectivity index (χ0) is 21.0. The maximum atomic E-state index is 14.0. The molecule has 0 saturated carbocycles. The van der Waals surface area contributed by atoms with Gasteiger partial charge in [0.2, 0.25) is 5.13 Å². The highest BCUT2D eigenvalue weighted by Crippen LogP contribution is 2.28. The Labute approximate surface area is 177 Å². The summed E-state index contributed by atoms with van der Waals surface area (Å²) in [6, 6.07) is 6.96. The molecule has 154 valence electrons. The third-order valence-electron chi connectivity index (χ3n) is 4.46. The number of ether oxygens (including phenoxy) is 1. The van der Waals surface area contributed by atoms with Crippen LogP contribution in [-0.2, 0) is 4.74 Å². The predicted octanol–water partition coefficient (Wildman–Crippen LogP) is 4.43. The quantitative estimate of drug-likeness (QED) is 0.305. The van der Waals surface area contributed by atoms with E-state index in [2.05, 4.69) is 15.5 Å². The van der Waals surface area contributed by atoms with E-state index in [0.29, 0.717) is 35.1 Å². The van der Waals surface area contributed by atoms with Crippen LogP contribution < -0.4 is 5.32 Å². The van der Waals surface area contributed by atoms with Crippen molar-refractivity contribution >= 4 is 34.0 Å². The number of aryl methyl sites for hydroxylation is 2. The van der Waals surface area contributed by atoms with Crippen LogP contribution in [0.4, 0.5) is 9.52 Å². The van der Waals surface area contributed by atoms with E-state index in [1.54, 1.807) is 20.1 Å². The molecular formula is C20H23FN4O2S2. The van der Waals surface area contributed by atoms with E-state index in [-0.39, 0.29) is 17.4 Å². The van der Waals surface area contributed by atoms with Gasteiger partial charge in [0.1, 0.15) is 5.82 Å². The van der Waals surface area contributed by atoms with E-state index in [0.717, 1.165) is 15.7 Å². The largest absolute Gasteiger partial charge is 0.383 e. The molecule has 3 aromatic rings. The SMILES string of the molecule is COCCNc1nnc(SCC(=O)c2cc(C)n(-c3ccc(C)c(F)c3)c2C)s1. The fourth-order valence-corrected chi connectivity index (χ4v) is 4.63. The molecule has 9 heteroatoms. The number of benzene rings is 1. The Bertz CT molecular complexity index is 1020. The molecule has 0 amide bonds. The van der Waals surface area contributed by atoms with Gasteiger partial charge in [-0.1, -0.05) is 29.2 Å². The van der Waals surface area contributed by atoms with Crippen molar-refractivity contribution in [1.82, 2.24) is 14.8 Å². The second kappa shape index (κ2) is 9.51. The first kappa shape index (κ1) is 21.5. The summed E-state index contributed by atoms with van der Waals surface area (Å²) in [6.45, 7) is 6.76. The number of rotatable bonds is 9. The second-order valence-corrected chi connectivity index (χ2v) is 8.76. The Morgan fingerprint density at radius 1 is 1.28 bits per heavy atom. The number of thioether (sulfide) groups is 1. The number of anilines is 1. The maximum Gasteiger partial charge on any atom is 0.206 e. The number of halogens is 1. The van der Waals surface area contributed by atoms with Crippen LogP contribution in [0.1, 0.15) is 27.3 Å². The number of carbonyl (C=O) groups excluding carboxylic acids is 1. The molecule has 2 heterocycles. The summed E-state index contributed by atoms with van der Waals surface area (Å²) >= 11 is 2.77. The number of carbonyl (C=O) groups is 1. The van der Waals surface area contributed by atoms with Gasteiger partial charge >= 0.3 is 0 Å². The molecule has 0 fully saturated rings. The number of nitrogens with zero attached hydrogens (tertiary/aromatic N) is 3. The molecule has 0 saturated heterocycles. The van der Waals surface area contributed by atoms with E-state index >= 15 is 0 Å². The number of hydrogen-bond acceptors (Lipinski definition) is 7. The first-order chi connectivity index (χ1) is 13.9. The maximum absolute atomic E-state index is 14.0. The number of nitrogens with one attached hydrogen (secondary N) is 1. The van der Waals surface area contributed by atoms with Crippen LogP contribution >= 0.6 is 23.1 Å². The van der Waals surface area contributed by atoms with Crippen LogP contribution in [0.2, 0.25) is 0 Å². The fraction of sp³-hybridized carbons (Fsp3) is 0.350. The van der Waals surface area contributed by atoms with Crippen LogP contribution in [0.5, 0.6) is 0 Å². The van der Waals surface area contributed by atoms with Crippen molar-refractivity contribution in [3.05, 3.63) is 52.6 Å². The van der Waals surface area contributed by atoms with Gasteiger partial charge in [0.05, 0.1) is 12.4 Å². The highest BCUT2D eigenvalue weighted by Gasteiger charge is 2.18. The van der Waals surface area contributed by atoms with Crippen molar-refractivity contribution in [2.75, 3.05) is 31.3 Å². The summed E-state index contributed by atoms with van der Waals surface area (Å²) in [5.41, 5.74) is 3.64. The minimum absolute atomic E-state index is 0.00558. The number of aromatic nitrogens is 3. The zero-order valence-electron chi connectivity index (χ0n) is 16.8. The Morgan fingerprint density at radius 2 is 2.07 bits per heavy atom. The third-order valence-corrected chi connectivity index (χ3v) is 6.48. The van der Waals surface area contributed by atoms with Crippen molar-refractivity contribution < 1.29 is 13.9 Å². The summed E-state index contributed by atoms with van der Waals surface area (Å²) in [7, 11) is 1.64. The van der Waals surface area contributed by atoms with E-state index in [9.17, 15) is 9.18 Å². The number of ketones is 1. The normalized spacial score (nSPS) is 11.1. The molecule has 1 aromatic carbocycles. The zero-order valence-corrected chi connectivity index (χ0v) is 18.4. The monoisotopic (exact) mass is 434 g/mol. The molecule has 3 rings (SSSR count). The Hall–Kier alpha value is -2.23. The first-order valence-corrected chi connectivity index (χ1v) is 10.9. The van der Waals surface area contributed by atoms with Gasteiger partial charge in [0.15, 0.2) is 10.1 Å². The first-order valence-electron chi connectivity index (χ1n) is 9.08. The van der Waals surface area contributed by atoms with Gasteiger partial charge in [0.25, 0.3) is 0 Å². The minimum Gasteiger partial charge on any atom is -0.383 e. The van der Waals surface area contributed by atoms with E-state index in [1.807, 2.05) is 30.5 Å². The predicted molar refractivity (Wildman–Crippen MR) is 115 cm³/mol. The number of Topliss-reactive ketones (excluding diaryl/α,β-unsaturated/α-hetero) is 1. The third kappa shape index (κ3) is 5.04. The smallest absolute Gasteiger partial charge is 0.206 e. The molecule has 0 spiro atoms. The average molecular weight is 435 g/mol. The van der Waals surface area contributed by atoms with Crippen LogP contribution in [0, 0.1) is 26.6 Å². The molecule has 6 nitrogen and oxygen atoms in total. The molecule has 0 radical (unpaired) electrons. The van der Waals surface area contributed by atoms with Gasteiger partial charge < -0.3 is 14.6 Å². The molecule has 1 N–H and O–H groups in total. The van der Waals surface area contributed by atoms with E-state index < -0.39 is 0 Å². The number of hydrogen-bond donors (Lipinski definition) is 1. The van der Waals surface area contributed by atoms with E-state index in [1.165, 1.54) is 29.2 Å². The fourth-order valence-electron chi connectivity index (χ4n) is 2.97. The molecule has 29 heavy (non-hydrogen) atoms. The van der Waals surface area contributed by atoms with Crippen LogP contribution in [-0.4, -0.2) is 46.6 Å². The van der Waals surface area contributed by atoms with Gasteiger partial charge in [-0.15, -0.1) is 10.2 Å². The minimum atomic E-state index is -0.260. The summed E-state index contributed by atoms with van der Waals surface area (Å²) in [5.74, 6) is 0.00911. The summed E-state index contributed by atoms with van der Waals surface area (Å²) in [4.78, 5) is 12.8. The Morgan fingerprint density at radius 3 is 2.79 bits per heavy atom. The molecule has 0 aliphatic heterocycles. The lowest BCUT2D eigenvalue weighted by molar-refractivity contribution is 0.102. The highest BCUT2D eigenvalue weighted by atomic mass is 32.2. The van der Waals surface area contributed by atoms with Gasteiger partial charge in [0, 0.05) is 36.3 Å². The van der Waals surface area contributed by atoms with Crippen molar-refractivity contribution in [3.63, 3.8) is 0 Å². The standard InChI is InChI=1S/C20H23FN4O2S2/c1-12-5-6-15(10-17(12)21)25-13(2)9-16(14(25)3)18(26)11-28-20-24-23-19(29-20)22-7-8-27-4/h5-6,9-10H,7-8,11H2,1-4H3,(H,22,23). The Balaban J connectivity index is 1.69. The summed E-state index contributed by atoms with van der Waals surface area (Å²) in [5, 5.41) is 12.0. The lowest BCUT2D eigenvalue weighted by Crippen LogP contribution is -2.06. The van der Waals surface area contributed by atoms with Crippen LogP contribution in [0.25, 0.3) is 5.69 Å². The Kier molecular flexibility index (Phi) is 7.05. The lowest BCUT2D eigenvalue weighted by atomic mass is 10.2. The topological polar surface area (TPSA) is 69.0 Å². The van der Waals surface area contributed by atoms with E-state index in [4.69, 9.17) is 4.74 Å². The molecule has 0 aliphatic rings. The van der Waals surface area contributed by atoms with Crippen LogP contribution in [0.3, 0.4) is 0 Å². The van der Waals surface area contributed by atoms with Gasteiger partial charge in [-0.25, -0.2) is 4.39 Å². The van der Waals surface area contributed by atoms with Gasteiger partial charge in [-0.2, -0.15) is 0 Å². The van der Waals surface area contributed by atoms with Crippen molar-refractivity contribution in [2.45, 2.75) is 25.1 Å². The molecule has 0 unspecified atom stereocenters. The second-order valence-electron chi connectivity index (χ2n) is 6.56. The average Bonchev–Trinajstić information content (AvgIpc) is 3.26. The summed E-state index contributed by atoms with van der Waals surface area (Å²) in [6.07, 6.45) is 0. The molecule has 0 atom stereocenters. The van der Waals surface area contributed by atoms with Gasteiger partial charge in [-0.05, 0) is 44.5 Å². The van der Waals surface area contributed by atoms with Crippen LogP contribution in [0.15, 0.2) is 28.6 Å². The number of methoxy groups -OCH3 is 1.